The molecule has 0 aliphatic carbocycles. The van der Waals surface area contributed by atoms with Crippen LogP contribution >= 0.6 is 11.3 Å². The van der Waals surface area contributed by atoms with Gasteiger partial charge in [0.05, 0.1) is 5.01 Å². The molecule has 9 heteroatoms. The van der Waals surface area contributed by atoms with E-state index in [1.165, 1.54) is 6.07 Å². The van der Waals surface area contributed by atoms with Crippen LogP contribution in [0.4, 0.5) is 9.18 Å². The molecule has 1 fully saturated rings. The van der Waals surface area contributed by atoms with Crippen molar-refractivity contribution in [2.24, 2.45) is 4.99 Å². The summed E-state index contributed by atoms with van der Waals surface area (Å²) >= 11 is 1.57. The number of aliphatic imine (C=N–C) groups is 1. The molecule has 1 aliphatic heterocycles. The number of thiazole rings is 1. The average molecular weight is 608 g/mol. The van der Waals surface area contributed by atoms with E-state index in [0.717, 1.165) is 46.8 Å². The summed E-state index contributed by atoms with van der Waals surface area (Å²) < 4.78 is 20.3. The van der Waals surface area contributed by atoms with E-state index in [-0.39, 0.29) is 11.9 Å². The molecule has 2 heterocycles. The van der Waals surface area contributed by atoms with Crippen LogP contribution in [-0.2, 0) is 11.2 Å². The lowest BCUT2D eigenvalue weighted by Crippen LogP contribution is -2.49. The maximum atomic E-state index is 14.7. The molecule has 43 heavy (non-hydrogen) atoms. The fourth-order valence-electron chi connectivity index (χ4n) is 4.50. The number of nitrogens with zero attached hydrogens (tertiary/aromatic N) is 5. The Morgan fingerprint density at radius 1 is 1.16 bits per heavy atom. The number of amides is 1. The summed E-state index contributed by atoms with van der Waals surface area (Å²) in [5.74, 6) is -0.262. The Kier molecular flexibility index (Phi) is 14.3. The van der Waals surface area contributed by atoms with Crippen LogP contribution < -0.4 is 0 Å². The minimum absolute atomic E-state index is 0.262. The van der Waals surface area contributed by atoms with E-state index >= 15 is 0 Å². The van der Waals surface area contributed by atoms with Gasteiger partial charge in [0.15, 0.2) is 5.69 Å². The summed E-state index contributed by atoms with van der Waals surface area (Å²) in [4.78, 5) is 25.2. The molecule has 1 saturated heterocycles. The van der Waals surface area contributed by atoms with Crippen molar-refractivity contribution in [2.45, 2.75) is 80.3 Å². The number of piperazine rings is 1. The molecule has 0 unspecified atom stereocenters. The molecule has 0 spiro atoms. The molecule has 0 bridgehead atoms. The zero-order valence-corrected chi connectivity index (χ0v) is 27.7. The van der Waals surface area contributed by atoms with Gasteiger partial charge in [-0.1, -0.05) is 44.2 Å². The van der Waals surface area contributed by atoms with Gasteiger partial charge in [0.1, 0.15) is 17.5 Å². The Morgan fingerprint density at radius 3 is 2.35 bits per heavy atom. The van der Waals surface area contributed by atoms with Gasteiger partial charge in [0, 0.05) is 60.3 Å². The predicted molar refractivity (Wildman–Crippen MR) is 175 cm³/mol. The summed E-state index contributed by atoms with van der Waals surface area (Å²) in [5, 5.41) is 11.3. The van der Waals surface area contributed by atoms with E-state index in [9.17, 15) is 9.18 Å². The number of hydrogen-bond acceptors (Lipinski definition) is 7. The zero-order chi connectivity index (χ0) is 32.0. The molecule has 2 aromatic rings. The lowest BCUT2D eigenvalue weighted by Gasteiger charge is -2.38. The summed E-state index contributed by atoms with van der Waals surface area (Å²) in [7, 11) is 0. The smallest absolute Gasteiger partial charge is 0.410 e. The van der Waals surface area contributed by atoms with E-state index in [2.05, 4.69) is 28.7 Å². The van der Waals surface area contributed by atoms with Crippen molar-refractivity contribution >= 4 is 28.7 Å². The monoisotopic (exact) mass is 607 g/mol. The molecular formula is C34H46FN5O2S. The van der Waals surface area contributed by atoms with Gasteiger partial charge in [0.2, 0.25) is 0 Å². The number of hydrogen-bond donors (Lipinski definition) is 0. The van der Waals surface area contributed by atoms with Gasteiger partial charge in [-0.05, 0) is 72.4 Å². The number of rotatable bonds is 8. The van der Waals surface area contributed by atoms with Crippen LogP contribution in [0, 0.1) is 17.1 Å². The van der Waals surface area contributed by atoms with Crippen LogP contribution in [-0.4, -0.2) is 58.4 Å². The molecule has 7 nitrogen and oxygen atoms in total. The Labute approximate surface area is 261 Å². The van der Waals surface area contributed by atoms with Crippen molar-refractivity contribution in [1.82, 2.24) is 14.8 Å². The fraction of sp³-hybridized carbons (Fsp3) is 0.471. The third-order valence-corrected chi connectivity index (χ3v) is 7.50. The summed E-state index contributed by atoms with van der Waals surface area (Å²) in [6.07, 6.45) is 8.44. The lowest BCUT2D eigenvalue weighted by atomic mass is 9.92. The first kappa shape index (κ1) is 35.4. The Balaban J connectivity index is 0.000000543. The van der Waals surface area contributed by atoms with Crippen molar-refractivity contribution < 1.29 is 13.9 Å². The van der Waals surface area contributed by atoms with Crippen molar-refractivity contribution in [2.75, 3.05) is 26.2 Å². The summed E-state index contributed by atoms with van der Waals surface area (Å²) in [6, 6.07) is 8.83. The number of nitriles is 1. The Morgan fingerprint density at radius 2 is 1.81 bits per heavy atom. The third kappa shape index (κ3) is 11.1. The van der Waals surface area contributed by atoms with Gasteiger partial charge in [-0.15, -0.1) is 11.3 Å². The minimum Gasteiger partial charge on any atom is -0.444 e. The van der Waals surface area contributed by atoms with Gasteiger partial charge in [-0.2, -0.15) is 5.26 Å². The van der Waals surface area contributed by atoms with Gasteiger partial charge >= 0.3 is 6.09 Å². The van der Waals surface area contributed by atoms with E-state index in [4.69, 9.17) is 10.00 Å². The second-order valence-electron chi connectivity index (χ2n) is 11.1. The van der Waals surface area contributed by atoms with E-state index < -0.39 is 5.60 Å². The van der Waals surface area contributed by atoms with Crippen LogP contribution in [0.25, 0.3) is 5.57 Å². The number of carbonyl (C=O) groups is 1. The highest BCUT2D eigenvalue weighted by atomic mass is 32.1. The number of halogens is 1. The standard InChI is InChI=1S/C27H38FN3O2.C7H8N2S/c1-8-10-15-29-20(3)25(22(9-2)23-13-11-12-14-24(23)28)21(4)30-16-18-31(19-17-30)26(32)33-27(5,6)7;1-2-3-7-9-6(4-8)5-10-7/h9-15H,8,16-19H2,1-7H3;5H,2-3H2,1H3/b15-10+,22-9-,25-21-,29-20+;. The molecular weight excluding hydrogens is 561 g/mol. The van der Waals surface area contributed by atoms with Crippen LogP contribution in [0.3, 0.4) is 0 Å². The predicted octanol–water partition coefficient (Wildman–Crippen LogP) is 8.41. The van der Waals surface area contributed by atoms with Crippen molar-refractivity contribution in [3.8, 4) is 6.07 Å². The van der Waals surface area contributed by atoms with Crippen LogP contribution in [0.5, 0.6) is 0 Å². The maximum absolute atomic E-state index is 14.7. The normalized spacial score (nSPS) is 15.1. The van der Waals surface area contributed by atoms with Crippen LogP contribution in [0.2, 0.25) is 0 Å². The highest BCUT2D eigenvalue weighted by molar-refractivity contribution is 7.09. The fourth-order valence-corrected chi connectivity index (χ4v) is 5.33. The van der Waals surface area contributed by atoms with Crippen LogP contribution in [0.1, 0.15) is 84.5 Å². The van der Waals surface area contributed by atoms with Crippen LogP contribution in [0.15, 0.2) is 64.3 Å². The second kappa shape index (κ2) is 17.4. The second-order valence-corrected chi connectivity index (χ2v) is 12.0. The minimum atomic E-state index is -0.516. The van der Waals surface area contributed by atoms with Crippen molar-refractivity contribution in [3.63, 3.8) is 0 Å². The number of ether oxygens (including phenoxy) is 1. The average Bonchev–Trinajstić information content (AvgIpc) is 3.43. The third-order valence-electron chi connectivity index (χ3n) is 6.59. The van der Waals surface area contributed by atoms with Gasteiger partial charge < -0.3 is 14.5 Å². The number of aryl methyl sites for hydroxylation is 1. The first-order chi connectivity index (χ1) is 20.4. The SMILES string of the molecule is CCCc1nc(C#N)cs1.C\C=C(C(/C(C)=N/C=C/CC)=C(/C)N1CCN(C(=O)OC(C)(C)C)CC1)\c1ccccc1F. The van der Waals surface area contributed by atoms with Gasteiger partial charge in [-0.3, -0.25) is 4.99 Å². The highest BCUT2D eigenvalue weighted by Crippen LogP contribution is 2.31. The number of allylic oxidation sites excluding steroid dienone is 5. The molecule has 1 aromatic heterocycles. The largest absolute Gasteiger partial charge is 0.444 e. The molecule has 0 saturated carbocycles. The van der Waals surface area contributed by atoms with Gasteiger partial charge in [0.25, 0.3) is 0 Å². The molecule has 0 atom stereocenters. The molecule has 1 amide bonds. The van der Waals surface area contributed by atoms with E-state index in [0.29, 0.717) is 37.4 Å². The van der Waals surface area contributed by atoms with Gasteiger partial charge in [-0.25, -0.2) is 14.2 Å². The molecule has 0 radical (unpaired) electrons. The quantitative estimate of drug-likeness (QED) is 0.222. The first-order valence-electron chi connectivity index (χ1n) is 14.8. The lowest BCUT2D eigenvalue weighted by molar-refractivity contribution is 0.0168. The Bertz CT molecular complexity index is 1370. The van der Waals surface area contributed by atoms with Crippen molar-refractivity contribution in [3.05, 3.63) is 81.3 Å². The zero-order valence-electron chi connectivity index (χ0n) is 26.9. The molecule has 232 valence electrons. The molecule has 0 N–H and O–H groups in total. The topological polar surface area (TPSA) is 81.8 Å². The number of benzene rings is 1. The maximum Gasteiger partial charge on any atom is 0.410 e. The molecule has 3 rings (SSSR count). The van der Waals surface area contributed by atoms with E-state index in [1.807, 2.05) is 65.8 Å². The number of carbonyl (C=O) groups excluding carboxylic acids is 1. The molecule has 1 aromatic carbocycles. The van der Waals surface area contributed by atoms with Crippen molar-refractivity contribution in [1.29, 1.82) is 5.26 Å². The number of aromatic nitrogens is 1. The molecule has 1 aliphatic rings. The highest BCUT2D eigenvalue weighted by Gasteiger charge is 2.27. The first-order valence-corrected chi connectivity index (χ1v) is 15.7. The Hall–Kier alpha value is -3.77. The van der Waals surface area contributed by atoms with E-state index in [1.54, 1.807) is 39.9 Å². The summed E-state index contributed by atoms with van der Waals surface area (Å²) in [5.41, 5.74) is 4.14. The summed E-state index contributed by atoms with van der Waals surface area (Å²) in [6.45, 7) is 18.2.